The lowest BCUT2D eigenvalue weighted by Gasteiger charge is -2.27. The van der Waals surface area contributed by atoms with Gasteiger partial charge in [-0.3, -0.25) is 5.41 Å². The predicted octanol–water partition coefficient (Wildman–Crippen LogP) is -0.265. The van der Waals surface area contributed by atoms with Crippen LogP contribution in [0.25, 0.3) is 0 Å². The van der Waals surface area contributed by atoms with E-state index in [4.69, 9.17) is 11.1 Å². The number of rotatable bonds is 1. The number of hydrogen-bond donors (Lipinski definition) is 3. The normalized spacial score (nSPS) is 16.7. The first-order chi connectivity index (χ1) is 7.18. The van der Waals surface area contributed by atoms with Crippen LogP contribution in [-0.4, -0.2) is 39.5 Å². The maximum absolute atomic E-state index is 9.25. The second kappa shape index (κ2) is 4.01. The molecule has 15 heavy (non-hydrogen) atoms. The summed E-state index contributed by atoms with van der Waals surface area (Å²) in [6, 6.07) is 1.59. The molecule has 0 unspecified atom stereocenters. The Labute approximate surface area is 91.2 Å². The second-order valence-electron chi connectivity index (χ2n) is 3.27. The molecule has 2 heterocycles. The summed E-state index contributed by atoms with van der Waals surface area (Å²) in [5.74, 6) is 2.93. The van der Waals surface area contributed by atoms with Crippen molar-refractivity contribution in [2.75, 3.05) is 35.2 Å². The van der Waals surface area contributed by atoms with Crippen molar-refractivity contribution in [1.29, 1.82) is 5.41 Å². The lowest BCUT2D eigenvalue weighted by molar-refractivity contribution is 0.171. The monoisotopic (exact) mass is 227 g/mol. The largest absolute Gasteiger partial charge is 0.423 e. The third kappa shape index (κ3) is 2.01. The van der Waals surface area contributed by atoms with Crippen LogP contribution >= 0.6 is 11.8 Å². The molecule has 1 aliphatic heterocycles. The molecule has 1 aromatic heterocycles. The minimum Gasteiger partial charge on any atom is -0.423 e. The Hall–Kier alpha value is -1.37. The van der Waals surface area contributed by atoms with E-state index in [1.807, 2.05) is 11.8 Å². The summed E-state index contributed by atoms with van der Waals surface area (Å²) in [5.41, 5.74) is 5.32. The molecule has 0 radical (unpaired) electrons. The summed E-state index contributed by atoms with van der Waals surface area (Å²) in [5, 5.41) is 16.7. The Bertz CT molecular complexity index is 412. The smallest absolute Gasteiger partial charge is 0.259 e. The van der Waals surface area contributed by atoms with Crippen LogP contribution in [0.15, 0.2) is 6.07 Å². The van der Waals surface area contributed by atoms with Crippen LogP contribution in [0, 0.1) is 5.41 Å². The Balaban J connectivity index is 2.32. The third-order valence-electron chi connectivity index (χ3n) is 2.28. The molecule has 1 saturated heterocycles. The van der Waals surface area contributed by atoms with E-state index in [0.717, 1.165) is 24.6 Å². The highest BCUT2D eigenvalue weighted by Crippen LogP contribution is 2.17. The molecule has 0 amide bonds. The summed E-state index contributed by atoms with van der Waals surface area (Å²) in [7, 11) is 0. The van der Waals surface area contributed by atoms with E-state index in [1.165, 1.54) is 0 Å². The average Bonchev–Trinajstić information content (AvgIpc) is 2.26. The van der Waals surface area contributed by atoms with Crippen LogP contribution in [0.1, 0.15) is 0 Å². The van der Waals surface area contributed by atoms with Gasteiger partial charge in [0.05, 0.1) is 0 Å². The molecule has 1 fully saturated rings. The zero-order valence-electron chi connectivity index (χ0n) is 8.18. The molecule has 1 aliphatic rings. The predicted molar refractivity (Wildman–Crippen MR) is 59.2 cm³/mol. The first-order valence-electron chi connectivity index (χ1n) is 4.64. The summed E-state index contributed by atoms with van der Waals surface area (Å²) in [6.07, 6.45) is 0. The van der Waals surface area contributed by atoms with Crippen LogP contribution < -0.4 is 16.3 Å². The van der Waals surface area contributed by atoms with Gasteiger partial charge in [-0.15, -0.1) is 4.73 Å². The van der Waals surface area contributed by atoms with E-state index < -0.39 is 0 Å². The Morgan fingerprint density at radius 1 is 1.47 bits per heavy atom. The van der Waals surface area contributed by atoms with E-state index in [9.17, 15) is 5.21 Å². The van der Waals surface area contributed by atoms with Gasteiger partial charge in [0, 0.05) is 30.7 Å². The number of nitrogen functional groups attached to an aromatic ring is 1. The zero-order chi connectivity index (χ0) is 10.8. The Morgan fingerprint density at radius 3 is 2.73 bits per heavy atom. The number of nitrogens with one attached hydrogen (secondary N) is 1. The second-order valence-corrected chi connectivity index (χ2v) is 4.50. The van der Waals surface area contributed by atoms with E-state index in [-0.39, 0.29) is 11.4 Å². The first kappa shape index (κ1) is 10.2. The van der Waals surface area contributed by atoms with Gasteiger partial charge in [0.25, 0.3) is 5.62 Å². The molecule has 7 heteroatoms. The van der Waals surface area contributed by atoms with Gasteiger partial charge >= 0.3 is 0 Å². The van der Waals surface area contributed by atoms with Gasteiger partial charge in [0.1, 0.15) is 11.6 Å². The molecule has 0 aromatic carbocycles. The average molecular weight is 227 g/mol. The lowest BCUT2D eigenvalue weighted by Crippen LogP contribution is -2.35. The molecular weight excluding hydrogens is 214 g/mol. The molecular formula is C8H13N5OS. The van der Waals surface area contributed by atoms with Gasteiger partial charge in [-0.1, -0.05) is 0 Å². The van der Waals surface area contributed by atoms with Crippen molar-refractivity contribution < 1.29 is 5.21 Å². The van der Waals surface area contributed by atoms with Crippen molar-refractivity contribution in [3.63, 3.8) is 0 Å². The number of aromatic nitrogens is 2. The number of nitrogens with two attached hydrogens (primary N) is 1. The van der Waals surface area contributed by atoms with Crippen LogP contribution in [0.2, 0.25) is 0 Å². The van der Waals surface area contributed by atoms with E-state index >= 15 is 0 Å². The highest BCUT2D eigenvalue weighted by Gasteiger charge is 2.13. The summed E-state index contributed by atoms with van der Waals surface area (Å²) in [6.45, 7) is 1.82. The molecule has 1 aromatic rings. The van der Waals surface area contributed by atoms with E-state index in [0.29, 0.717) is 10.5 Å². The van der Waals surface area contributed by atoms with Crippen LogP contribution in [0.5, 0.6) is 0 Å². The minimum absolute atomic E-state index is 0.142. The van der Waals surface area contributed by atoms with Crippen LogP contribution in [0.4, 0.5) is 11.6 Å². The van der Waals surface area contributed by atoms with Gasteiger partial charge in [-0.25, -0.2) is 0 Å². The summed E-state index contributed by atoms with van der Waals surface area (Å²) < 4.78 is 0.572. The van der Waals surface area contributed by atoms with Crippen molar-refractivity contribution in [2.24, 2.45) is 0 Å². The molecule has 2 rings (SSSR count). The van der Waals surface area contributed by atoms with E-state index in [1.54, 1.807) is 6.07 Å². The molecule has 0 spiro atoms. The molecule has 6 nitrogen and oxygen atoms in total. The highest BCUT2D eigenvalue weighted by molar-refractivity contribution is 7.99. The lowest BCUT2D eigenvalue weighted by atomic mass is 10.4. The summed E-state index contributed by atoms with van der Waals surface area (Å²) >= 11 is 1.90. The van der Waals surface area contributed by atoms with Crippen molar-refractivity contribution >= 4 is 23.4 Å². The van der Waals surface area contributed by atoms with Crippen molar-refractivity contribution in [3.8, 4) is 0 Å². The maximum Gasteiger partial charge on any atom is 0.259 e. The fraction of sp³-hybridized carbons (Fsp3) is 0.500. The van der Waals surface area contributed by atoms with Crippen molar-refractivity contribution in [1.82, 2.24) is 9.71 Å². The minimum atomic E-state index is -0.233. The molecule has 0 bridgehead atoms. The van der Waals surface area contributed by atoms with Gasteiger partial charge in [0.2, 0.25) is 0 Å². The number of hydrogen-bond acceptors (Lipinski definition) is 6. The molecule has 0 aliphatic carbocycles. The number of anilines is 2. The van der Waals surface area contributed by atoms with Crippen LogP contribution in [-0.2, 0) is 0 Å². The highest BCUT2D eigenvalue weighted by atomic mass is 32.2. The topological polar surface area (TPSA) is 91.2 Å². The zero-order valence-corrected chi connectivity index (χ0v) is 9.00. The first-order valence-corrected chi connectivity index (χ1v) is 5.80. The molecule has 82 valence electrons. The fourth-order valence-corrected chi connectivity index (χ4v) is 2.36. The number of nitrogens with zero attached hydrogens (tertiary/aromatic N) is 3. The quantitative estimate of drug-likeness (QED) is 0.575. The number of thioether (sulfide) groups is 1. The van der Waals surface area contributed by atoms with Gasteiger partial charge < -0.3 is 15.8 Å². The molecule has 0 atom stereocenters. The standard InChI is InChI=1S/C8H13N5OS/c9-6-5-7(11-8(10)13(6)14)12-1-3-15-4-2-12/h5,10,14H,1-4,9H2. The van der Waals surface area contributed by atoms with Gasteiger partial charge in [-0.2, -0.15) is 16.7 Å². The van der Waals surface area contributed by atoms with Gasteiger partial charge in [0.15, 0.2) is 0 Å². The summed E-state index contributed by atoms with van der Waals surface area (Å²) in [4.78, 5) is 6.05. The Morgan fingerprint density at radius 2 is 2.13 bits per heavy atom. The SMILES string of the molecule is N=c1nc(N2CCSCC2)cc(N)n1O. The van der Waals surface area contributed by atoms with E-state index in [2.05, 4.69) is 9.88 Å². The van der Waals surface area contributed by atoms with Crippen molar-refractivity contribution in [2.45, 2.75) is 0 Å². The van der Waals surface area contributed by atoms with Crippen molar-refractivity contribution in [3.05, 3.63) is 11.7 Å². The Kier molecular flexibility index (Phi) is 2.72. The third-order valence-corrected chi connectivity index (χ3v) is 3.22. The van der Waals surface area contributed by atoms with Gasteiger partial charge in [-0.05, 0) is 0 Å². The maximum atomic E-state index is 9.25. The fourth-order valence-electron chi connectivity index (χ4n) is 1.46. The molecule has 4 N–H and O–H groups in total. The molecule has 0 saturated carbocycles. The van der Waals surface area contributed by atoms with Crippen LogP contribution in [0.3, 0.4) is 0 Å².